The normalized spacial score (nSPS) is 24.6. The minimum Gasteiger partial charge on any atom is -0.229 e. The van der Waals surface area contributed by atoms with Crippen molar-refractivity contribution in [1.82, 2.24) is 4.72 Å². The van der Waals surface area contributed by atoms with E-state index in [0.717, 1.165) is 0 Å². The summed E-state index contributed by atoms with van der Waals surface area (Å²) < 4.78 is 49.4. The van der Waals surface area contributed by atoms with Crippen LogP contribution in [-0.2, 0) is 25.6 Å². The minimum absolute atomic E-state index is 0.240. The summed E-state index contributed by atoms with van der Waals surface area (Å²) >= 11 is 5.87. The van der Waals surface area contributed by atoms with Crippen LogP contribution in [0.4, 0.5) is 0 Å². The fraction of sp³-hybridized carbons (Fsp3) is 0.417. The van der Waals surface area contributed by atoms with Gasteiger partial charge in [0.2, 0.25) is 10.0 Å². The van der Waals surface area contributed by atoms with Gasteiger partial charge in [-0.1, -0.05) is 18.2 Å². The highest BCUT2D eigenvalue weighted by molar-refractivity contribution is 7.92. The Morgan fingerprint density at radius 2 is 2.00 bits per heavy atom. The van der Waals surface area contributed by atoms with Crippen molar-refractivity contribution in [3.63, 3.8) is 0 Å². The van der Waals surface area contributed by atoms with E-state index in [1.807, 2.05) is 6.07 Å². The summed E-state index contributed by atoms with van der Waals surface area (Å²) in [4.78, 5) is 0. The lowest BCUT2D eigenvalue weighted by atomic mass is 10.1. The fourth-order valence-electron chi connectivity index (χ4n) is 2.14. The zero-order valence-corrected chi connectivity index (χ0v) is 13.2. The molecule has 1 heterocycles. The lowest BCUT2D eigenvalue weighted by Crippen LogP contribution is -2.41. The van der Waals surface area contributed by atoms with Crippen molar-refractivity contribution in [1.29, 1.82) is 5.26 Å². The second kappa shape index (κ2) is 5.93. The number of rotatable bonds is 4. The molecule has 0 saturated carbocycles. The summed E-state index contributed by atoms with van der Waals surface area (Å²) in [5.74, 6) is -0.937. The third kappa shape index (κ3) is 4.17. The van der Waals surface area contributed by atoms with Gasteiger partial charge in [0, 0.05) is 0 Å². The highest BCUT2D eigenvalue weighted by atomic mass is 35.5. The Balaban J connectivity index is 2.15. The van der Waals surface area contributed by atoms with Gasteiger partial charge >= 0.3 is 0 Å². The van der Waals surface area contributed by atoms with Crippen LogP contribution >= 0.6 is 11.6 Å². The van der Waals surface area contributed by atoms with Crippen molar-refractivity contribution in [2.45, 2.75) is 17.2 Å². The van der Waals surface area contributed by atoms with Gasteiger partial charge < -0.3 is 0 Å². The number of hydrogen-bond donors (Lipinski definition) is 1. The molecular weight excluding hydrogens is 336 g/mol. The van der Waals surface area contributed by atoms with Crippen LogP contribution in [0.25, 0.3) is 0 Å². The average Bonchev–Trinajstić information content (AvgIpc) is 2.61. The van der Waals surface area contributed by atoms with E-state index >= 15 is 0 Å². The SMILES string of the molecule is N#Cc1ccccc1CS(=O)(=O)NC1CS(=O)(=O)CC1Cl. The molecule has 9 heteroatoms. The summed E-state index contributed by atoms with van der Waals surface area (Å²) in [6, 6.07) is 7.42. The molecule has 0 aromatic heterocycles. The lowest BCUT2D eigenvalue weighted by Gasteiger charge is -2.15. The molecule has 1 saturated heterocycles. The van der Waals surface area contributed by atoms with Gasteiger partial charge in [0.25, 0.3) is 0 Å². The number of sulfonamides is 1. The first-order valence-electron chi connectivity index (χ1n) is 6.05. The Morgan fingerprint density at radius 3 is 2.57 bits per heavy atom. The second-order valence-corrected chi connectivity index (χ2v) is 9.31. The van der Waals surface area contributed by atoms with Crippen LogP contribution in [0.15, 0.2) is 24.3 Å². The third-order valence-corrected chi connectivity index (χ3v) is 6.83. The molecule has 1 aromatic carbocycles. The molecule has 0 aliphatic carbocycles. The highest BCUT2D eigenvalue weighted by Crippen LogP contribution is 2.20. The molecule has 1 fully saturated rings. The molecular formula is C12H13ClN2O4S2. The van der Waals surface area contributed by atoms with Crippen LogP contribution < -0.4 is 4.72 Å². The van der Waals surface area contributed by atoms with Crippen LogP contribution in [0.3, 0.4) is 0 Å². The van der Waals surface area contributed by atoms with Gasteiger partial charge in [0.15, 0.2) is 9.84 Å². The topological polar surface area (TPSA) is 104 Å². The Bertz CT molecular complexity index is 784. The molecule has 21 heavy (non-hydrogen) atoms. The third-order valence-electron chi connectivity index (χ3n) is 3.10. The maximum atomic E-state index is 12.1. The Kier molecular flexibility index (Phi) is 4.58. The second-order valence-electron chi connectivity index (χ2n) is 4.85. The molecule has 6 nitrogen and oxygen atoms in total. The summed E-state index contributed by atoms with van der Waals surface area (Å²) in [5, 5.41) is 8.16. The van der Waals surface area contributed by atoms with Gasteiger partial charge in [-0.2, -0.15) is 5.26 Å². The number of hydrogen-bond acceptors (Lipinski definition) is 5. The summed E-state index contributed by atoms with van der Waals surface area (Å²) in [5.41, 5.74) is 0.629. The molecule has 1 aliphatic rings. The first-order chi connectivity index (χ1) is 9.72. The van der Waals surface area contributed by atoms with Crippen molar-refractivity contribution in [3.8, 4) is 6.07 Å². The van der Waals surface area contributed by atoms with Gasteiger partial charge in [0.05, 0.1) is 40.3 Å². The first kappa shape index (κ1) is 16.2. The molecule has 114 valence electrons. The van der Waals surface area contributed by atoms with Gasteiger partial charge in [0.1, 0.15) is 0 Å². The largest absolute Gasteiger partial charge is 0.229 e. The van der Waals surface area contributed by atoms with Gasteiger partial charge in [-0.15, -0.1) is 11.6 Å². The quantitative estimate of drug-likeness (QED) is 0.792. The van der Waals surface area contributed by atoms with Gasteiger partial charge in [-0.25, -0.2) is 21.6 Å². The molecule has 1 aliphatic heterocycles. The van der Waals surface area contributed by atoms with E-state index in [4.69, 9.17) is 16.9 Å². The molecule has 0 radical (unpaired) electrons. The van der Waals surface area contributed by atoms with E-state index in [1.54, 1.807) is 18.2 Å². The summed E-state index contributed by atoms with van der Waals surface area (Å²) in [6.45, 7) is 0. The standard InChI is InChI=1S/C12H13ClN2O4S2/c13-11-7-20(16,17)8-12(11)15-21(18,19)6-10-4-2-1-3-9(10)5-14/h1-4,11-12,15H,6-8H2. The van der Waals surface area contributed by atoms with Crippen LogP contribution in [0.2, 0.25) is 0 Å². The maximum absolute atomic E-state index is 12.1. The van der Waals surface area contributed by atoms with E-state index < -0.39 is 37.0 Å². The molecule has 0 bridgehead atoms. The van der Waals surface area contributed by atoms with Crippen LogP contribution in [-0.4, -0.2) is 39.8 Å². The number of alkyl halides is 1. The van der Waals surface area contributed by atoms with Crippen LogP contribution in [0, 0.1) is 11.3 Å². The number of nitrogens with one attached hydrogen (secondary N) is 1. The van der Waals surface area contributed by atoms with E-state index in [-0.39, 0.29) is 17.1 Å². The number of nitriles is 1. The maximum Gasteiger partial charge on any atom is 0.216 e. The molecule has 0 amide bonds. The molecule has 2 atom stereocenters. The lowest BCUT2D eigenvalue weighted by molar-refractivity contribution is 0.562. The van der Waals surface area contributed by atoms with Crippen molar-refractivity contribution in [3.05, 3.63) is 35.4 Å². The first-order valence-corrected chi connectivity index (χ1v) is 9.96. The van der Waals surface area contributed by atoms with Crippen molar-refractivity contribution in [2.24, 2.45) is 0 Å². The van der Waals surface area contributed by atoms with Crippen molar-refractivity contribution in [2.75, 3.05) is 11.5 Å². The Morgan fingerprint density at radius 1 is 1.33 bits per heavy atom. The zero-order valence-electron chi connectivity index (χ0n) is 10.9. The number of sulfone groups is 1. The van der Waals surface area contributed by atoms with Gasteiger partial charge in [-0.05, 0) is 11.6 Å². The Labute approximate surface area is 128 Å². The van der Waals surface area contributed by atoms with Crippen molar-refractivity contribution < 1.29 is 16.8 Å². The molecule has 2 rings (SSSR count). The van der Waals surface area contributed by atoms with Gasteiger partial charge in [-0.3, -0.25) is 0 Å². The Hall–Kier alpha value is -1.14. The zero-order chi connectivity index (χ0) is 15.7. The highest BCUT2D eigenvalue weighted by Gasteiger charge is 2.38. The summed E-state index contributed by atoms with van der Waals surface area (Å²) in [6.07, 6.45) is 0. The van der Waals surface area contributed by atoms with E-state index in [1.165, 1.54) is 6.07 Å². The molecule has 0 spiro atoms. The number of halogens is 1. The van der Waals surface area contributed by atoms with Crippen molar-refractivity contribution >= 4 is 31.5 Å². The molecule has 1 N–H and O–H groups in total. The summed E-state index contributed by atoms with van der Waals surface area (Å²) in [7, 11) is -7.10. The predicted molar refractivity (Wildman–Crippen MR) is 79.0 cm³/mol. The molecule has 1 aromatic rings. The smallest absolute Gasteiger partial charge is 0.216 e. The number of benzene rings is 1. The minimum atomic E-state index is -3.78. The van der Waals surface area contributed by atoms with Crippen LogP contribution in [0.1, 0.15) is 11.1 Å². The predicted octanol–water partition coefficient (Wildman–Crippen LogP) is 0.382. The monoisotopic (exact) mass is 348 g/mol. The molecule has 2 unspecified atom stereocenters. The fourth-order valence-corrected chi connectivity index (χ4v) is 6.33. The number of nitrogens with zero attached hydrogens (tertiary/aromatic N) is 1. The van der Waals surface area contributed by atoms with E-state index in [9.17, 15) is 16.8 Å². The average molecular weight is 349 g/mol. The van der Waals surface area contributed by atoms with E-state index in [0.29, 0.717) is 5.56 Å². The van der Waals surface area contributed by atoms with Crippen LogP contribution in [0.5, 0.6) is 0 Å². The van der Waals surface area contributed by atoms with E-state index in [2.05, 4.69) is 4.72 Å².